The SMILES string of the molecule is Cc1ccc(Br)c(S(=O)(=O)N2CC[C@H](O)C2)c1. The Kier molecular flexibility index (Phi) is 3.58. The fourth-order valence-corrected chi connectivity index (χ4v) is 4.38. The van der Waals surface area contributed by atoms with E-state index in [0.29, 0.717) is 17.4 Å². The molecule has 6 heteroatoms. The molecule has 17 heavy (non-hydrogen) atoms. The molecule has 1 N–H and O–H groups in total. The lowest BCUT2D eigenvalue weighted by Crippen LogP contribution is -2.30. The van der Waals surface area contributed by atoms with Crippen LogP contribution < -0.4 is 0 Å². The molecule has 4 nitrogen and oxygen atoms in total. The second-order valence-corrected chi connectivity index (χ2v) is 7.00. The zero-order valence-electron chi connectivity index (χ0n) is 9.43. The molecule has 0 aromatic heterocycles. The summed E-state index contributed by atoms with van der Waals surface area (Å²) in [6, 6.07) is 5.22. The van der Waals surface area contributed by atoms with Crippen molar-refractivity contribution in [3.63, 3.8) is 0 Å². The van der Waals surface area contributed by atoms with E-state index in [4.69, 9.17) is 0 Å². The highest BCUT2D eigenvalue weighted by Crippen LogP contribution is 2.28. The molecule has 1 aromatic rings. The Bertz CT molecular complexity index is 530. The van der Waals surface area contributed by atoms with E-state index in [9.17, 15) is 13.5 Å². The van der Waals surface area contributed by atoms with Crippen LogP contribution in [0.5, 0.6) is 0 Å². The van der Waals surface area contributed by atoms with Crippen molar-refractivity contribution in [3.8, 4) is 0 Å². The molecule has 0 spiro atoms. The highest BCUT2D eigenvalue weighted by atomic mass is 79.9. The van der Waals surface area contributed by atoms with Crippen LogP contribution in [-0.2, 0) is 10.0 Å². The van der Waals surface area contributed by atoms with E-state index in [0.717, 1.165) is 5.56 Å². The lowest BCUT2D eigenvalue weighted by Gasteiger charge is -2.17. The van der Waals surface area contributed by atoms with Gasteiger partial charge in [0.1, 0.15) is 0 Å². The van der Waals surface area contributed by atoms with Crippen LogP contribution in [0.4, 0.5) is 0 Å². The number of hydrogen-bond donors (Lipinski definition) is 1. The maximum atomic E-state index is 12.3. The van der Waals surface area contributed by atoms with E-state index >= 15 is 0 Å². The van der Waals surface area contributed by atoms with E-state index in [2.05, 4.69) is 15.9 Å². The van der Waals surface area contributed by atoms with Gasteiger partial charge in [-0.15, -0.1) is 0 Å². The zero-order valence-corrected chi connectivity index (χ0v) is 11.8. The number of aryl methyl sites for hydroxylation is 1. The molecule has 1 fully saturated rings. The van der Waals surface area contributed by atoms with Crippen LogP contribution in [0, 0.1) is 6.92 Å². The van der Waals surface area contributed by atoms with Gasteiger partial charge < -0.3 is 5.11 Å². The van der Waals surface area contributed by atoms with Gasteiger partial charge in [0.15, 0.2) is 0 Å². The van der Waals surface area contributed by atoms with E-state index in [-0.39, 0.29) is 11.4 Å². The number of benzene rings is 1. The van der Waals surface area contributed by atoms with Gasteiger partial charge in [0.05, 0.1) is 11.0 Å². The van der Waals surface area contributed by atoms with Crippen molar-refractivity contribution in [2.24, 2.45) is 0 Å². The number of halogens is 1. The zero-order chi connectivity index (χ0) is 12.6. The third kappa shape index (κ3) is 2.54. The van der Waals surface area contributed by atoms with Crippen molar-refractivity contribution in [3.05, 3.63) is 28.2 Å². The summed E-state index contributed by atoms with van der Waals surface area (Å²) in [6.07, 6.45) is -0.0452. The Balaban J connectivity index is 2.41. The molecular formula is C11H14BrNO3S. The largest absolute Gasteiger partial charge is 0.392 e. The van der Waals surface area contributed by atoms with Crippen LogP contribution in [0.3, 0.4) is 0 Å². The van der Waals surface area contributed by atoms with Crippen LogP contribution in [0.15, 0.2) is 27.6 Å². The first kappa shape index (κ1) is 13.0. The third-order valence-electron chi connectivity index (χ3n) is 2.83. The first-order valence-electron chi connectivity index (χ1n) is 5.35. The Morgan fingerprint density at radius 2 is 2.18 bits per heavy atom. The summed E-state index contributed by atoms with van der Waals surface area (Å²) in [5.74, 6) is 0. The molecule has 1 atom stereocenters. The fraction of sp³-hybridized carbons (Fsp3) is 0.455. The molecule has 1 aromatic carbocycles. The predicted octanol–water partition coefficient (Wildman–Crippen LogP) is 1.51. The van der Waals surface area contributed by atoms with Crippen LogP contribution >= 0.6 is 15.9 Å². The Labute approximate surface area is 109 Å². The predicted molar refractivity (Wildman–Crippen MR) is 68.3 cm³/mol. The Hall–Kier alpha value is -0.430. The Morgan fingerprint density at radius 3 is 2.76 bits per heavy atom. The summed E-state index contributed by atoms with van der Waals surface area (Å²) in [4.78, 5) is 0.270. The van der Waals surface area contributed by atoms with Crippen molar-refractivity contribution in [2.45, 2.75) is 24.3 Å². The van der Waals surface area contributed by atoms with Crippen LogP contribution in [0.2, 0.25) is 0 Å². The van der Waals surface area contributed by atoms with E-state index in [1.807, 2.05) is 13.0 Å². The third-order valence-corrected chi connectivity index (χ3v) is 5.69. The summed E-state index contributed by atoms with van der Waals surface area (Å²) in [7, 11) is -3.50. The number of rotatable bonds is 2. The van der Waals surface area contributed by atoms with Crippen molar-refractivity contribution >= 4 is 26.0 Å². The maximum Gasteiger partial charge on any atom is 0.244 e. The monoisotopic (exact) mass is 319 g/mol. The van der Waals surface area contributed by atoms with E-state index in [1.54, 1.807) is 12.1 Å². The lowest BCUT2D eigenvalue weighted by molar-refractivity contribution is 0.189. The first-order valence-corrected chi connectivity index (χ1v) is 7.59. The van der Waals surface area contributed by atoms with Gasteiger partial charge in [0, 0.05) is 17.6 Å². The molecule has 0 saturated carbocycles. The van der Waals surface area contributed by atoms with Gasteiger partial charge >= 0.3 is 0 Å². The molecule has 1 aliphatic heterocycles. The van der Waals surface area contributed by atoms with Gasteiger partial charge in [0.25, 0.3) is 0 Å². The summed E-state index contributed by atoms with van der Waals surface area (Å²) < 4.78 is 26.6. The smallest absolute Gasteiger partial charge is 0.244 e. The van der Waals surface area contributed by atoms with Crippen molar-refractivity contribution in [1.29, 1.82) is 0 Å². The molecule has 0 amide bonds. The number of aliphatic hydroxyl groups is 1. The molecule has 0 bridgehead atoms. The summed E-state index contributed by atoms with van der Waals surface area (Å²) >= 11 is 3.26. The molecule has 2 rings (SSSR count). The van der Waals surface area contributed by atoms with Gasteiger partial charge in [-0.05, 0) is 47.0 Å². The molecule has 1 heterocycles. The molecular weight excluding hydrogens is 306 g/mol. The molecule has 0 radical (unpaired) electrons. The minimum atomic E-state index is -3.50. The summed E-state index contributed by atoms with van der Waals surface area (Å²) in [6.45, 7) is 2.41. The molecule has 1 aliphatic rings. The van der Waals surface area contributed by atoms with Crippen LogP contribution in [-0.4, -0.2) is 37.0 Å². The van der Waals surface area contributed by atoms with Gasteiger partial charge in [-0.3, -0.25) is 0 Å². The minimum absolute atomic E-state index is 0.183. The average molecular weight is 320 g/mol. The second-order valence-electron chi connectivity index (χ2n) is 4.24. The first-order chi connectivity index (χ1) is 7.91. The number of nitrogens with zero attached hydrogens (tertiary/aromatic N) is 1. The standard InChI is InChI=1S/C11H14BrNO3S/c1-8-2-3-10(12)11(6-8)17(15,16)13-5-4-9(14)7-13/h2-3,6,9,14H,4-5,7H2,1H3/t9-/m0/s1. The second kappa shape index (κ2) is 4.68. The molecule has 1 saturated heterocycles. The average Bonchev–Trinajstić information content (AvgIpc) is 2.69. The van der Waals surface area contributed by atoms with E-state index < -0.39 is 16.1 Å². The summed E-state index contributed by atoms with van der Waals surface area (Å²) in [5.41, 5.74) is 0.895. The normalized spacial score (nSPS) is 21.9. The number of aliphatic hydroxyl groups excluding tert-OH is 1. The van der Waals surface area contributed by atoms with Gasteiger partial charge in [-0.2, -0.15) is 4.31 Å². The minimum Gasteiger partial charge on any atom is -0.392 e. The molecule has 0 unspecified atom stereocenters. The number of β-amino-alcohol motifs (C(OH)–C–C–N with tert-alkyl or cyclic N) is 1. The van der Waals surface area contributed by atoms with Crippen molar-refractivity contribution in [1.82, 2.24) is 4.31 Å². The van der Waals surface area contributed by atoms with Gasteiger partial charge in [-0.1, -0.05) is 6.07 Å². The molecule has 0 aliphatic carbocycles. The Morgan fingerprint density at radius 1 is 1.47 bits per heavy atom. The summed E-state index contributed by atoms with van der Waals surface area (Å²) in [5, 5.41) is 9.42. The van der Waals surface area contributed by atoms with Gasteiger partial charge in [-0.25, -0.2) is 8.42 Å². The fourth-order valence-electron chi connectivity index (χ4n) is 1.88. The van der Waals surface area contributed by atoms with E-state index in [1.165, 1.54) is 4.31 Å². The lowest BCUT2D eigenvalue weighted by atomic mass is 10.2. The highest BCUT2D eigenvalue weighted by molar-refractivity contribution is 9.10. The number of hydrogen-bond acceptors (Lipinski definition) is 3. The maximum absolute atomic E-state index is 12.3. The van der Waals surface area contributed by atoms with Crippen LogP contribution in [0.25, 0.3) is 0 Å². The topological polar surface area (TPSA) is 57.6 Å². The molecule has 94 valence electrons. The quantitative estimate of drug-likeness (QED) is 0.899. The highest BCUT2D eigenvalue weighted by Gasteiger charge is 2.32. The van der Waals surface area contributed by atoms with Gasteiger partial charge in [0.2, 0.25) is 10.0 Å². The van der Waals surface area contributed by atoms with Crippen LogP contribution in [0.1, 0.15) is 12.0 Å². The van der Waals surface area contributed by atoms with Crippen molar-refractivity contribution in [2.75, 3.05) is 13.1 Å². The van der Waals surface area contributed by atoms with Crippen molar-refractivity contribution < 1.29 is 13.5 Å². The number of sulfonamides is 1.